The van der Waals surface area contributed by atoms with Crippen LogP contribution in [0.1, 0.15) is 80.1 Å². The summed E-state index contributed by atoms with van der Waals surface area (Å²) in [5.74, 6) is 1.67. The number of nitrogens with zero attached hydrogens (tertiary/aromatic N) is 5. The van der Waals surface area contributed by atoms with Crippen LogP contribution in [0.25, 0.3) is 0 Å². The van der Waals surface area contributed by atoms with Crippen LogP contribution >= 0.6 is 0 Å². The first-order chi connectivity index (χ1) is 14.4. The number of nitrogens with one attached hydrogen (secondary N) is 1. The van der Waals surface area contributed by atoms with E-state index in [-0.39, 0.29) is 6.29 Å². The van der Waals surface area contributed by atoms with Crippen LogP contribution in [0, 0.1) is 5.92 Å². The molecule has 1 saturated heterocycles. The first kappa shape index (κ1) is 24.6. The van der Waals surface area contributed by atoms with Crippen molar-refractivity contribution in [3.63, 3.8) is 0 Å². The molecule has 1 fully saturated rings. The minimum atomic E-state index is 0.0755. The van der Waals surface area contributed by atoms with Gasteiger partial charge in [0.05, 0.1) is 6.54 Å². The van der Waals surface area contributed by atoms with E-state index < -0.39 is 0 Å². The summed E-state index contributed by atoms with van der Waals surface area (Å²) < 4.78 is 0. The number of hydrogen-bond donors (Lipinski definition) is 1. The number of azo groups is 1. The normalized spacial score (nSPS) is 22.1. The fraction of sp³-hybridized carbons (Fsp3) is 0.792. The average molecular weight is 417 g/mol. The summed E-state index contributed by atoms with van der Waals surface area (Å²) >= 11 is 0. The quantitative estimate of drug-likeness (QED) is 0.375. The maximum Gasteiger partial charge on any atom is 0.176 e. The van der Waals surface area contributed by atoms with Crippen LogP contribution in [0.5, 0.6) is 0 Å². The van der Waals surface area contributed by atoms with E-state index in [1.165, 1.54) is 17.0 Å². The Morgan fingerprint density at radius 2 is 1.97 bits per heavy atom. The molecule has 1 atom stereocenters. The van der Waals surface area contributed by atoms with Gasteiger partial charge in [-0.05, 0) is 63.5 Å². The maximum atomic E-state index is 5.00. The van der Waals surface area contributed by atoms with Crippen molar-refractivity contribution in [2.24, 2.45) is 21.1 Å². The zero-order valence-electron chi connectivity index (χ0n) is 20.4. The third-order valence-electron chi connectivity index (χ3n) is 6.09. The highest BCUT2D eigenvalue weighted by atomic mass is 15.4. The third-order valence-corrected chi connectivity index (χ3v) is 6.09. The van der Waals surface area contributed by atoms with Crippen molar-refractivity contribution in [2.45, 2.75) is 92.4 Å². The van der Waals surface area contributed by atoms with Gasteiger partial charge in [0, 0.05) is 37.6 Å². The van der Waals surface area contributed by atoms with Gasteiger partial charge in [0.1, 0.15) is 5.82 Å². The number of allylic oxidation sites excluding steroid dienone is 3. The van der Waals surface area contributed by atoms with Crippen LogP contribution in [0.3, 0.4) is 0 Å². The van der Waals surface area contributed by atoms with E-state index in [1.54, 1.807) is 0 Å². The molecular weight excluding hydrogens is 372 g/mol. The van der Waals surface area contributed by atoms with Gasteiger partial charge in [0.15, 0.2) is 6.29 Å². The molecule has 0 amide bonds. The molecular formula is C24H44N6. The zero-order chi connectivity index (χ0) is 22.1. The fourth-order valence-electron chi connectivity index (χ4n) is 4.22. The highest BCUT2D eigenvalue weighted by Crippen LogP contribution is 2.25. The Morgan fingerprint density at radius 3 is 2.53 bits per heavy atom. The van der Waals surface area contributed by atoms with E-state index >= 15 is 0 Å². The maximum absolute atomic E-state index is 5.00. The molecule has 0 aromatic heterocycles. The molecule has 2 rings (SSSR count). The minimum Gasteiger partial charge on any atom is -0.355 e. The van der Waals surface area contributed by atoms with Gasteiger partial charge in [-0.25, -0.2) is 0 Å². The second-order valence-electron chi connectivity index (χ2n) is 9.10. The van der Waals surface area contributed by atoms with Gasteiger partial charge in [-0.3, -0.25) is 9.89 Å². The summed E-state index contributed by atoms with van der Waals surface area (Å²) in [5.41, 5.74) is 3.88. The van der Waals surface area contributed by atoms with Crippen molar-refractivity contribution in [1.29, 1.82) is 0 Å². The number of aliphatic imine (C=N–C) groups is 1. The van der Waals surface area contributed by atoms with Crippen LogP contribution in [0.15, 0.2) is 38.4 Å². The van der Waals surface area contributed by atoms with E-state index in [9.17, 15) is 0 Å². The highest BCUT2D eigenvalue weighted by Gasteiger charge is 2.29. The molecule has 0 aliphatic carbocycles. The lowest BCUT2D eigenvalue weighted by atomic mass is 9.97. The Hall–Kier alpha value is -1.69. The Labute approximate surface area is 184 Å². The molecule has 1 N–H and O–H groups in total. The lowest BCUT2D eigenvalue weighted by Gasteiger charge is -2.41. The summed E-state index contributed by atoms with van der Waals surface area (Å²) in [5, 5.41) is 12.6. The first-order valence-electron chi connectivity index (χ1n) is 11.9. The predicted octanol–water partition coefficient (Wildman–Crippen LogP) is 5.55. The van der Waals surface area contributed by atoms with Gasteiger partial charge in [0.2, 0.25) is 0 Å². The summed E-state index contributed by atoms with van der Waals surface area (Å²) in [4.78, 5) is 9.82. The molecule has 2 aliphatic rings. The van der Waals surface area contributed by atoms with Gasteiger partial charge in [-0.2, -0.15) is 5.11 Å². The number of hydrogen-bond acceptors (Lipinski definition) is 6. The lowest BCUT2D eigenvalue weighted by Crippen LogP contribution is -2.52. The van der Waals surface area contributed by atoms with E-state index in [0.717, 1.165) is 64.0 Å². The van der Waals surface area contributed by atoms with Crippen molar-refractivity contribution in [1.82, 2.24) is 15.1 Å². The second-order valence-corrected chi connectivity index (χ2v) is 9.10. The monoisotopic (exact) mass is 416 g/mol. The van der Waals surface area contributed by atoms with Gasteiger partial charge < -0.3 is 10.2 Å². The number of rotatable bonds is 10. The summed E-state index contributed by atoms with van der Waals surface area (Å²) in [6.07, 6.45) is 8.85. The summed E-state index contributed by atoms with van der Waals surface area (Å²) in [6, 6.07) is 0.506. The molecule has 0 spiro atoms. The zero-order valence-corrected chi connectivity index (χ0v) is 20.4. The molecule has 2 aliphatic heterocycles. The van der Waals surface area contributed by atoms with E-state index in [2.05, 4.69) is 80.0 Å². The Morgan fingerprint density at radius 1 is 1.27 bits per heavy atom. The van der Waals surface area contributed by atoms with E-state index in [0.29, 0.717) is 12.0 Å². The smallest absolute Gasteiger partial charge is 0.176 e. The molecule has 6 heteroatoms. The lowest BCUT2D eigenvalue weighted by molar-refractivity contribution is 0.101. The predicted molar refractivity (Wildman–Crippen MR) is 128 cm³/mol. The van der Waals surface area contributed by atoms with Crippen LogP contribution in [-0.4, -0.2) is 54.5 Å². The van der Waals surface area contributed by atoms with Crippen molar-refractivity contribution < 1.29 is 0 Å². The Bertz CT molecular complexity index is 653. The van der Waals surface area contributed by atoms with Gasteiger partial charge >= 0.3 is 0 Å². The molecule has 0 saturated carbocycles. The largest absolute Gasteiger partial charge is 0.355 e. The van der Waals surface area contributed by atoms with Crippen molar-refractivity contribution in [3.8, 4) is 0 Å². The van der Waals surface area contributed by atoms with Crippen LogP contribution in [0.4, 0.5) is 0 Å². The second kappa shape index (κ2) is 12.2. The first-order valence-corrected chi connectivity index (χ1v) is 11.9. The number of likely N-dealkylation sites (tertiary alicyclic amines) is 1. The molecule has 0 aromatic rings. The molecule has 0 radical (unpaired) electrons. The molecule has 6 nitrogen and oxygen atoms in total. The average Bonchev–Trinajstić information content (AvgIpc) is 2.72. The van der Waals surface area contributed by atoms with Crippen molar-refractivity contribution >= 4 is 5.71 Å². The topological polar surface area (TPSA) is 55.6 Å². The fourth-order valence-corrected chi connectivity index (χ4v) is 4.22. The Kier molecular flexibility index (Phi) is 10.0. The van der Waals surface area contributed by atoms with Crippen molar-refractivity contribution in [3.05, 3.63) is 23.2 Å². The van der Waals surface area contributed by atoms with Crippen LogP contribution in [-0.2, 0) is 0 Å². The third kappa shape index (κ3) is 6.93. The molecule has 0 bridgehead atoms. The van der Waals surface area contributed by atoms with Crippen LogP contribution in [0.2, 0.25) is 0 Å². The van der Waals surface area contributed by atoms with Gasteiger partial charge in [0.25, 0.3) is 0 Å². The minimum absolute atomic E-state index is 0.0755. The Balaban J connectivity index is 1.93. The molecule has 0 aromatic carbocycles. The molecule has 1 unspecified atom stereocenters. The standard InChI is InChI=1S/C24H44N6/c1-8-10-14-25-28-23(11-9-2)29(7)21-12-15-30(16-13-21)24-26-19(5)22(17-18(3)4)20(6)27-24/h11,18,21,24,26H,8-10,12-17H2,1-7H3/b23-11+,28-25?. The number of piperidine rings is 1. The SMILES string of the molecule is CC/C=C(\N=NCCCC)N(C)C1CCN(C2N=C(C)C(CC(C)C)=C(C)N2)CC1. The molecule has 30 heavy (non-hydrogen) atoms. The van der Waals surface area contributed by atoms with E-state index in [1.807, 2.05) is 0 Å². The summed E-state index contributed by atoms with van der Waals surface area (Å²) in [6.45, 7) is 16.2. The molecule has 170 valence electrons. The van der Waals surface area contributed by atoms with Crippen molar-refractivity contribution in [2.75, 3.05) is 26.7 Å². The van der Waals surface area contributed by atoms with Crippen LogP contribution < -0.4 is 5.32 Å². The van der Waals surface area contributed by atoms with Gasteiger partial charge in [-0.15, -0.1) is 5.11 Å². The van der Waals surface area contributed by atoms with E-state index in [4.69, 9.17) is 4.99 Å². The highest BCUT2D eigenvalue weighted by molar-refractivity contribution is 5.99. The number of unbranched alkanes of at least 4 members (excludes halogenated alkanes) is 1. The summed E-state index contributed by atoms with van der Waals surface area (Å²) in [7, 11) is 2.17. The van der Waals surface area contributed by atoms with Gasteiger partial charge in [-0.1, -0.05) is 34.1 Å². The molecule has 2 heterocycles.